The molecule has 0 unspecified atom stereocenters. The van der Waals surface area contributed by atoms with Gasteiger partial charge in [-0.3, -0.25) is 0 Å². The van der Waals surface area contributed by atoms with Crippen molar-refractivity contribution in [2.75, 3.05) is 4.90 Å². The summed E-state index contributed by atoms with van der Waals surface area (Å²) in [6.45, 7) is 0. The van der Waals surface area contributed by atoms with Crippen LogP contribution in [-0.4, -0.2) is 4.57 Å². The number of aromatic nitrogens is 1. The van der Waals surface area contributed by atoms with E-state index in [0.717, 1.165) is 22.7 Å². The van der Waals surface area contributed by atoms with Crippen LogP contribution in [0.1, 0.15) is 0 Å². The highest BCUT2D eigenvalue weighted by Crippen LogP contribution is 2.44. The van der Waals surface area contributed by atoms with Crippen LogP contribution in [0.2, 0.25) is 0 Å². The van der Waals surface area contributed by atoms with Crippen LogP contribution in [0.25, 0.3) is 81.0 Å². The fourth-order valence-electron chi connectivity index (χ4n) is 8.48. The van der Waals surface area contributed by atoms with E-state index in [9.17, 15) is 0 Å². The van der Waals surface area contributed by atoms with Gasteiger partial charge in [0.05, 0.1) is 11.0 Å². The Labute approximate surface area is 335 Å². The van der Waals surface area contributed by atoms with Crippen LogP contribution in [-0.2, 0) is 0 Å². The zero-order valence-electron chi connectivity index (χ0n) is 31.1. The van der Waals surface area contributed by atoms with E-state index in [1.165, 1.54) is 75.4 Å². The van der Waals surface area contributed by atoms with E-state index in [0.29, 0.717) is 0 Å². The standard InChI is InChI=1S/C54H36N2S/c1-3-13-37(14-4-1)38-25-29-42(30-26-38)55(45-33-34-49-50-22-12-21-46(40-15-5-2-6-16-40)54(50)57-53(49)36-45)43-31-27-39(28-32-43)41-17-11-18-44(35-41)56-51-23-9-7-19-47(51)48-20-8-10-24-52(48)56/h1-36H. The van der Waals surface area contributed by atoms with Gasteiger partial charge in [-0.05, 0) is 94.0 Å². The van der Waals surface area contributed by atoms with Gasteiger partial charge in [0.1, 0.15) is 0 Å². The molecule has 0 saturated carbocycles. The molecule has 0 aliphatic rings. The highest BCUT2D eigenvalue weighted by Gasteiger charge is 2.17. The molecule has 2 aromatic heterocycles. The molecule has 0 radical (unpaired) electrons. The summed E-state index contributed by atoms with van der Waals surface area (Å²) in [6, 6.07) is 79.2. The Bertz CT molecular complexity index is 3160. The molecule has 0 aliphatic heterocycles. The monoisotopic (exact) mass is 744 g/mol. The molecular formula is C54H36N2S. The Morgan fingerprint density at radius 3 is 1.51 bits per heavy atom. The molecule has 2 nitrogen and oxygen atoms in total. The molecule has 268 valence electrons. The first-order chi connectivity index (χ1) is 28.3. The summed E-state index contributed by atoms with van der Waals surface area (Å²) in [5.74, 6) is 0. The van der Waals surface area contributed by atoms with Crippen LogP contribution in [0.15, 0.2) is 218 Å². The quantitative estimate of drug-likeness (QED) is 0.158. The molecule has 11 rings (SSSR count). The lowest BCUT2D eigenvalue weighted by atomic mass is 10.0. The second-order valence-electron chi connectivity index (χ2n) is 14.5. The zero-order valence-corrected chi connectivity index (χ0v) is 31.9. The van der Waals surface area contributed by atoms with E-state index in [2.05, 4.69) is 228 Å². The second-order valence-corrected chi connectivity index (χ2v) is 15.6. The lowest BCUT2D eigenvalue weighted by Crippen LogP contribution is -2.09. The number of benzene rings is 9. The van der Waals surface area contributed by atoms with E-state index in [1.807, 2.05) is 11.3 Å². The Morgan fingerprint density at radius 1 is 0.333 bits per heavy atom. The molecule has 9 aromatic carbocycles. The average molecular weight is 745 g/mol. The van der Waals surface area contributed by atoms with Gasteiger partial charge in [0.2, 0.25) is 0 Å². The van der Waals surface area contributed by atoms with Gasteiger partial charge in [-0.1, -0.05) is 158 Å². The summed E-state index contributed by atoms with van der Waals surface area (Å²) in [4.78, 5) is 2.38. The Hall–Kier alpha value is -7.20. The maximum atomic E-state index is 2.39. The molecular weight excluding hydrogens is 709 g/mol. The third-order valence-corrected chi connectivity index (χ3v) is 12.4. The number of anilines is 3. The van der Waals surface area contributed by atoms with Gasteiger partial charge in [0, 0.05) is 53.7 Å². The van der Waals surface area contributed by atoms with Gasteiger partial charge < -0.3 is 9.47 Å². The molecule has 0 spiro atoms. The fraction of sp³-hybridized carbons (Fsp3) is 0. The highest BCUT2D eigenvalue weighted by atomic mass is 32.1. The first-order valence-electron chi connectivity index (χ1n) is 19.4. The second kappa shape index (κ2) is 13.8. The molecule has 3 heteroatoms. The van der Waals surface area contributed by atoms with Gasteiger partial charge in [-0.15, -0.1) is 11.3 Å². The van der Waals surface area contributed by atoms with E-state index >= 15 is 0 Å². The van der Waals surface area contributed by atoms with Crippen molar-refractivity contribution in [1.82, 2.24) is 4.57 Å². The molecule has 2 heterocycles. The van der Waals surface area contributed by atoms with E-state index < -0.39 is 0 Å². The summed E-state index contributed by atoms with van der Waals surface area (Å²) < 4.78 is 4.98. The zero-order chi connectivity index (χ0) is 37.7. The summed E-state index contributed by atoms with van der Waals surface area (Å²) >= 11 is 1.88. The third kappa shape index (κ3) is 5.80. The van der Waals surface area contributed by atoms with Gasteiger partial charge in [-0.2, -0.15) is 0 Å². The van der Waals surface area contributed by atoms with E-state index in [4.69, 9.17) is 0 Å². The maximum absolute atomic E-state index is 2.39. The molecule has 0 aliphatic carbocycles. The van der Waals surface area contributed by atoms with Gasteiger partial charge >= 0.3 is 0 Å². The van der Waals surface area contributed by atoms with Crippen molar-refractivity contribution in [2.45, 2.75) is 0 Å². The Balaban J connectivity index is 1.01. The number of hydrogen-bond acceptors (Lipinski definition) is 2. The smallest absolute Gasteiger partial charge is 0.0541 e. The number of fused-ring (bicyclic) bond motifs is 6. The molecule has 0 N–H and O–H groups in total. The maximum Gasteiger partial charge on any atom is 0.0541 e. The van der Waals surface area contributed by atoms with Crippen molar-refractivity contribution in [3.05, 3.63) is 218 Å². The SMILES string of the molecule is c1ccc(-c2ccc(N(c3ccc(-c4cccc(-n5c6ccccc6c6ccccc65)c4)cc3)c3ccc4c(c3)sc3c(-c5ccccc5)cccc34)cc2)cc1. The third-order valence-electron chi connectivity index (χ3n) is 11.2. The Morgan fingerprint density at radius 2 is 0.842 bits per heavy atom. The minimum absolute atomic E-state index is 1.11. The van der Waals surface area contributed by atoms with Crippen LogP contribution in [0, 0.1) is 0 Å². The number of nitrogens with zero attached hydrogens (tertiary/aromatic N) is 2. The van der Waals surface area contributed by atoms with Crippen molar-refractivity contribution in [2.24, 2.45) is 0 Å². The van der Waals surface area contributed by atoms with E-state index in [-0.39, 0.29) is 0 Å². The normalized spacial score (nSPS) is 11.5. The summed E-state index contributed by atoms with van der Waals surface area (Å²) in [5.41, 5.74) is 14.2. The summed E-state index contributed by atoms with van der Waals surface area (Å²) in [7, 11) is 0. The number of rotatable bonds is 7. The van der Waals surface area contributed by atoms with Crippen molar-refractivity contribution in [3.63, 3.8) is 0 Å². The van der Waals surface area contributed by atoms with Crippen LogP contribution < -0.4 is 4.90 Å². The topological polar surface area (TPSA) is 8.17 Å². The fourth-order valence-corrected chi connectivity index (χ4v) is 9.75. The van der Waals surface area contributed by atoms with Crippen molar-refractivity contribution in [1.29, 1.82) is 0 Å². The first-order valence-corrected chi connectivity index (χ1v) is 20.2. The predicted molar refractivity (Wildman–Crippen MR) is 245 cm³/mol. The van der Waals surface area contributed by atoms with Crippen LogP contribution in [0.3, 0.4) is 0 Å². The number of para-hydroxylation sites is 2. The average Bonchev–Trinajstić information content (AvgIpc) is 3.83. The van der Waals surface area contributed by atoms with Crippen LogP contribution in [0.5, 0.6) is 0 Å². The summed E-state index contributed by atoms with van der Waals surface area (Å²) in [6.07, 6.45) is 0. The van der Waals surface area contributed by atoms with E-state index in [1.54, 1.807) is 0 Å². The molecule has 0 atom stereocenters. The molecule has 57 heavy (non-hydrogen) atoms. The molecule has 0 saturated heterocycles. The van der Waals surface area contributed by atoms with Crippen LogP contribution >= 0.6 is 11.3 Å². The summed E-state index contributed by atoms with van der Waals surface area (Å²) in [5, 5.41) is 5.12. The first kappa shape index (κ1) is 33.2. The Kier molecular flexibility index (Phi) is 8.04. The highest BCUT2D eigenvalue weighted by molar-refractivity contribution is 7.26. The van der Waals surface area contributed by atoms with Crippen LogP contribution in [0.4, 0.5) is 17.1 Å². The van der Waals surface area contributed by atoms with Crippen molar-refractivity contribution >= 4 is 70.4 Å². The molecule has 0 fully saturated rings. The number of thiophene rings is 1. The van der Waals surface area contributed by atoms with Gasteiger partial charge in [-0.25, -0.2) is 0 Å². The number of hydrogen-bond donors (Lipinski definition) is 0. The van der Waals surface area contributed by atoms with Gasteiger partial charge in [0.15, 0.2) is 0 Å². The largest absolute Gasteiger partial charge is 0.310 e. The molecule has 0 bridgehead atoms. The lowest BCUT2D eigenvalue weighted by Gasteiger charge is -2.26. The minimum Gasteiger partial charge on any atom is -0.310 e. The van der Waals surface area contributed by atoms with Gasteiger partial charge in [0.25, 0.3) is 0 Å². The van der Waals surface area contributed by atoms with Crippen molar-refractivity contribution < 1.29 is 0 Å². The minimum atomic E-state index is 1.11. The molecule has 0 amide bonds. The lowest BCUT2D eigenvalue weighted by molar-refractivity contribution is 1.18. The molecule has 11 aromatic rings. The predicted octanol–water partition coefficient (Wildman–Crippen LogP) is 15.6. The van der Waals surface area contributed by atoms with Crippen molar-refractivity contribution in [3.8, 4) is 39.1 Å².